The lowest BCUT2D eigenvalue weighted by Crippen LogP contribution is -2.20. The van der Waals surface area contributed by atoms with Crippen molar-refractivity contribution in [2.24, 2.45) is 0 Å². The SMILES string of the molecule is CCNC(c1cc2cc(F)ccc2o1)c1ccc(Br)s1. The van der Waals surface area contributed by atoms with E-state index >= 15 is 0 Å². The van der Waals surface area contributed by atoms with Crippen LogP contribution in [0.1, 0.15) is 23.6 Å². The van der Waals surface area contributed by atoms with Crippen molar-refractivity contribution < 1.29 is 8.81 Å². The van der Waals surface area contributed by atoms with Crippen molar-refractivity contribution in [3.63, 3.8) is 0 Å². The van der Waals surface area contributed by atoms with E-state index in [1.807, 2.05) is 12.1 Å². The number of hydrogen-bond acceptors (Lipinski definition) is 3. The van der Waals surface area contributed by atoms with E-state index in [0.717, 1.165) is 21.5 Å². The Hall–Kier alpha value is -1.17. The Morgan fingerprint density at radius 2 is 2.15 bits per heavy atom. The summed E-state index contributed by atoms with van der Waals surface area (Å²) in [7, 11) is 0. The molecular weight excluding hydrogens is 341 g/mol. The zero-order valence-corrected chi connectivity index (χ0v) is 13.2. The highest BCUT2D eigenvalue weighted by Crippen LogP contribution is 2.34. The van der Waals surface area contributed by atoms with E-state index in [9.17, 15) is 4.39 Å². The fraction of sp³-hybridized carbons (Fsp3) is 0.200. The minimum atomic E-state index is -0.247. The van der Waals surface area contributed by atoms with Crippen LogP contribution in [0.4, 0.5) is 4.39 Å². The van der Waals surface area contributed by atoms with Crippen LogP contribution in [0.15, 0.2) is 44.6 Å². The molecule has 1 unspecified atom stereocenters. The molecule has 1 atom stereocenters. The van der Waals surface area contributed by atoms with Crippen LogP contribution in [0.2, 0.25) is 0 Å². The summed E-state index contributed by atoms with van der Waals surface area (Å²) in [6.45, 7) is 2.88. The monoisotopic (exact) mass is 353 g/mol. The summed E-state index contributed by atoms with van der Waals surface area (Å²) in [4.78, 5) is 1.17. The van der Waals surface area contributed by atoms with Gasteiger partial charge in [0.05, 0.1) is 3.79 Å². The number of rotatable bonds is 4. The molecule has 0 saturated heterocycles. The van der Waals surface area contributed by atoms with E-state index in [1.165, 1.54) is 17.0 Å². The van der Waals surface area contributed by atoms with Gasteiger partial charge in [0, 0.05) is 10.3 Å². The van der Waals surface area contributed by atoms with Crippen molar-refractivity contribution in [3.05, 3.63) is 56.6 Å². The first-order valence-corrected chi connectivity index (χ1v) is 7.96. The van der Waals surface area contributed by atoms with Crippen molar-refractivity contribution in [1.82, 2.24) is 5.32 Å². The molecule has 0 amide bonds. The standard InChI is InChI=1S/C15H13BrFNOS/c1-2-18-15(13-5-6-14(16)20-13)12-8-9-7-10(17)3-4-11(9)19-12/h3-8,15,18H,2H2,1H3. The van der Waals surface area contributed by atoms with Crippen LogP contribution in [0.25, 0.3) is 11.0 Å². The summed E-state index contributed by atoms with van der Waals surface area (Å²) >= 11 is 5.14. The normalized spacial score (nSPS) is 12.9. The molecule has 3 aromatic rings. The molecule has 0 fully saturated rings. The van der Waals surface area contributed by atoms with Crippen LogP contribution in [-0.4, -0.2) is 6.54 Å². The third kappa shape index (κ3) is 2.66. The first kappa shape index (κ1) is 13.8. The fourth-order valence-electron chi connectivity index (χ4n) is 2.21. The summed E-state index contributed by atoms with van der Waals surface area (Å²) in [5.41, 5.74) is 0.708. The van der Waals surface area contributed by atoms with E-state index in [-0.39, 0.29) is 11.9 Å². The maximum Gasteiger partial charge on any atom is 0.134 e. The van der Waals surface area contributed by atoms with Gasteiger partial charge >= 0.3 is 0 Å². The predicted molar refractivity (Wildman–Crippen MR) is 83.7 cm³/mol. The number of benzene rings is 1. The number of thiophene rings is 1. The van der Waals surface area contributed by atoms with Gasteiger partial charge < -0.3 is 9.73 Å². The van der Waals surface area contributed by atoms with Gasteiger partial charge in [0.25, 0.3) is 0 Å². The Bertz CT molecular complexity index is 736. The molecule has 104 valence electrons. The highest BCUT2D eigenvalue weighted by molar-refractivity contribution is 9.11. The Morgan fingerprint density at radius 1 is 1.30 bits per heavy atom. The summed E-state index contributed by atoms with van der Waals surface area (Å²) in [5.74, 6) is 0.561. The molecule has 0 aliphatic carbocycles. The number of hydrogen-bond donors (Lipinski definition) is 1. The highest BCUT2D eigenvalue weighted by Gasteiger charge is 2.19. The molecule has 5 heteroatoms. The molecule has 0 spiro atoms. The van der Waals surface area contributed by atoms with Crippen LogP contribution < -0.4 is 5.32 Å². The molecule has 1 aromatic carbocycles. The molecule has 0 aliphatic rings. The summed E-state index contributed by atoms with van der Waals surface area (Å²) < 4.78 is 20.2. The molecule has 2 heterocycles. The molecule has 0 bridgehead atoms. The molecule has 20 heavy (non-hydrogen) atoms. The van der Waals surface area contributed by atoms with Crippen LogP contribution in [0, 0.1) is 5.82 Å². The second-order valence-electron chi connectivity index (χ2n) is 4.46. The number of nitrogens with one attached hydrogen (secondary N) is 1. The average molecular weight is 354 g/mol. The van der Waals surface area contributed by atoms with Crippen molar-refractivity contribution in [1.29, 1.82) is 0 Å². The summed E-state index contributed by atoms with van der Waals surface area (Å²) in [6.07, 6.45) is 0. The molecule has 0 radical (unpaired) electrons. The molecule has 1 N–H and O–H groups in total. The largest absolute Gasteiger partial charge is 0.459 e. The van der Waals surface area contributed by atoms with Crippen molar-refractivity contribution in [2.75, 3.05) is 6.54 Å². The van der Waals surface area contributed by atoms with Gasteiger partial charge in [-0.15, -0.1) is 11.3 Å². The van der Waals surface area contributed by atoms with Gasteiger partial charge in [-0.3, -0.25) is 0 Å². The van der Waals surface area contributed by atoms with Crippen molar-refractivity contribution in [2.45, 2.75) is 13.0 Å². The second kappa shape index (κ2) is 5.68. The Kier molecular flexibility index (Phi) is 3.92. The topological polar surface area (TPSA) is 25.2 Å². The summed E-state index contributed by atoms with van der Waals surface area (Å²) in [6, 6.07) is 10.6. The number of furan rings is 1. The molecule has 3 rings (SSSR count). The predicted octanol–water partition coefficient (Wildman–Crippen LogP) is 5.09. The van der Waals surface area contributed by atoms with E-state index in [2.05, 4.69) is 34.2 Å². The average Bonchev–Trinajstić information content (AvgIpc) is 3.01. The zero-order valence-electron chi connectivity index (χ0n) is 10.8. The van der Waals surface area contributed by atoms with Gasteiger partial charge in [-0.1, -0.05) is 6.92 Å². The summed E-state index contributed by atoms with van der Waals surface area (Å²) in [5, 5.41) is 4.20. The van der Waals surface area contributed by atoms with Crippen LogP contribution >= 0.6 is 27.3 Å². The first-order valence-electron chi connectivity index (χ1n) is 6.35. The van der Waals surface area contributed by atoms with E-state index in [4.69, 9.17) is 4.42 Å². The second-order valence-corrected chi connectivity index (χ2v) is 6.96. The zero-order chi connectivity index (χ0) is 14.1. The number of fused-ring (bicyclic) bond motifs is 1. The van der Waals surface area contributed by atoms with Gasteiger partial charge in [0.2, 0.25) is 0 Å². The van der Waals surface area contributed by atoms with Crippen LogP contribution in [-0.2, 0) is 0 Å². The maximum absolute atomic E-state index is 13.3. The van der Waals surface area contributed by atoms with Gasteiger partial charge in [0.15, 0.2) is 0 Å². The minimum absolute atomic E-state index is 0.00763. The third-order valence-corrected chi connectivity index (χ3v) is 4.76. The lowest BCUT2D eigenvalue weighted by Gasteiger charge is -2.13. The van der Waals surface area contributed by atoms with E-state index in [1.54, 1.807) is 17.4 Å². The molecule has 2 aromatic heterocycles. The smallest absolute Gasteiger partial charge is 0.134 e. The quantitative estimate of drug-likeness (QED) is 0.706. The van der Waals surface area contributed by atoms with Gasteiger partial charge in [0.1, 0.15) is 23.2 Å². The van der Waals surface area contributed by atoms with Crippen molar-refractivity contribution >= 4 is 38.2 Å². The Balaban J connectivity index is 2.04. The van der Waals surface area contributed by atoms with E-state index < -0.39 is 0 Å². The lowest BCUT2D eigenvalue weighted by molar-refractivity contribution is 0.481. The Morgan fingerprint density at radius 3 is 2.85 bits per heavy atom. The maximum atomic E-state index is 13.3. The van der Waals surface area contributed by atoms with E-state index in [0.29, 0.717) is 5.58 Å². The van der Waals surface area contributed by atoms with Crippen LogP contribution in [0.5, 0.6) is 0 Å². The molecule has 0 aliphatic heterocycles. The van der Waals surface area contributed by atoms with Crippen molar-refractivity contribution in [3.8, 4) is 0 Å². The highest BCUT2D eigenvalue weighted by atomic mass is 79.9. The third-order valence-electron chi connectivity index (χ3n) is 3.07. The number of halogens is 2. The van der Waals surface area contributed by atoms with Gasteiger partial charge in [-0.2, -0.15) is 0 Å². The lowest BCUT2D eigenvalue weighted by atomic mass is 10.1. The molecule has 2 nitrogen and oxygen atoms in total. The molecular formula is C15H13BrFNOS. The first-order chi connectivity index (χ1) is 9.67. The van der Waals surface area contributed by atoms with Crippen LogP contribution in [0.3, 0.4) is 0 Å². The van der Waals surface area contributed by atoms with Gasteiger partial charge in [-0.25, -0.2) is 4.39 Å². The Labute approximate surface area is 128 Å². The van der Waals surface area contributed by atoms with Gasteiger partial charge in [-0.05, 0) is 58.9 Å². The fourth-order valence-corrected chi connectivity index (χ4v) is 3.71. The minimum Gasteiger partial charge on any atom is -0.459 e. The molecule has 0 saturated carbocycles.